The van der Waals surface area contributed by atoms with Crippen LogP contribution in [0.4, 0.5) is 4.79 Å². The number of nitrogens with two attached hydrogens (primary N) is 1. The van der Waals surface area contributed by atoms with Crippen molar-refractivity contribution in [3.63, 3.8) is 0 Å². The van der Waals surface area contributed by atoms with Gasteiger partial charge in [0.2, 0.25) is 0 Å². The van der Waals surface area contributed by atoms with Gasteiger partial charge in [-0.05, 0) is 51.7 Å². The van der Waals surface area contributed by atoms with Gasteiger partial charge in [0.15, 0.2) is 0 Å². The van der Waals surface area contributed by atoms with Gasteiger partial charge in [-0.15, -0.1) is 0 Å². The molecule has 0 aliphatic rings. The molecule has 0 fully saturated rings. The van der Waals surface area contributed by atoms with Gasteiger partial charge in [0.25, 0.3) is 0 Å². The summed E-state index contributed by atoms with van der Waals surface area (Å²) in [6.45, 7) is 7.43. The highest BCUT2D eigenvalue weighted by Gasteiger charge is 2.21. The number of carbonyl (C=O) groups is 1. The highest BCUT2D eigenvalue weighted by atomic mass is 16.6. The van der Waals surface area contributed by atoms with Gasteiger partial charge in [-0.1, -0.05) is 23.8 Å². The monoisotopic (exact) mass is 324 g/mol. The molecule has 0 radical (unpaired) electrons. The maximum Gasteiger partial charge on any atom is 0.434 e. The molecule has 130 valence electrons. The Morgan fingerprint density at radius 3 is 2.57 bits per heavy atom. The first-order valence-corrected chi connectivity index (χ1v) is 7.78. The third-order valence-electron chi connectivity index (χ3n) is 3.31. The number of rotatable bonds is 6. The molecule has 0 saturated carbocycles. The van der Waals surface area contributed by atoms with E-state index in [1.807, 2.05) is 25.1 Å². The van der Waals surface area contributed by atoms with E-state index in [4.69, 9.17) is 10.5 Å². The first kappa shape index (κ1) is 19.4. The minimum absolute atomic E-state index is 0.0310. The summed E-state index contributed by atoms with van der Waals surface area (Å²) in [5, 5.41) is 20.1. The molecule has 0 aliphatic heterocycles. The van der Waals surface area contributed by atoms with Crippen molar-refractivity contribution in [1.29, 1.82) is 0 Å². The van der Waals surface area contributed by atoms with E-state index >= 15 is 0 Å². The Labute approximate surface area is 137 Å². The van der Waals surface area contributed by atoms with Crippen LogP contribution in [0.3, 0.4) is 0 Å². The lowest BCUT2D eigenvalue weighted by Gasteiger charge is -2.24. The Kier molecular flexibility index (Phi) is 7.00. The minimum atomic E-state index is -0.786. The zero-order chi connectivity index (χ0) is 17.6. The molecule has 23 heavy (non-hydrogen) atoms. The summed E-state index contributed by atoms with van der Waals surface area (Å²) in [5.74, 6) is 0. The van der Waals surface area contributed by atoms with E-state index in [0.29, 0.717) is 17.9 Å². The van der Waals surface area contributed by atoms with Crippen LogP contribution in [-0.2, 0) is 17.7 Å². The van der Waals surface area contributed by atoms with Gasteiger partial charge in [-0.2, -0.15) is 5.06 Å². The normalized spacial score (nSPS) is 12.8. The summed E-state index contributed by atoms with van der Waals surface area (Å²) in [5.41, 5.74) is 7.62. The van der Waals surface area contributed by atoms with E-state index in [2.05, 4.69) is 0 Å². The highest BCUT2D eigenvalue weighted by Crippen LogP contribution is 2.18. The van der Waals surface area contributed by atoms with Gasteiger partial charge in [-0.25, -0.2) is 4.79 Å². The third-order valence-corrected chi connectivity index (χ3v) is 3.31. The second-order valence-corrected chi connectivity index (χ2v) is 6.74. The lowest BCUT2D eigenvalue weighted by Crippen LogP contribution is -2.34. The Morgan fingerprint density at radius 2 is 2.00 bits per heavy atom. The van der Waals surface area contributed by atoms with Crippen LogP contribution in [0.25, 0.3) is 0 Å². The zero-order valence-electron chi connectivity index (χ0n) is 14.4. The Morgan fingerprint density at radius 1 is 1.35 bits per heavy atom. The average molecular weight is 324 g/mol. The van der Waals surface area contributed by atoms with Crippen molar-refractivity contribution in [2.75, 3.05) is 6.54 Å². The largest absolute Gasteiger partial charge is 0.442 e. The van der Waals surface area contributed by atoms with Crippen molar-refractivity contribution in [2.45, 2.75) is 58.8 Å². The SMILES string of the molecule is Cc1ccc(CN(O)C(=O)OC(C)(C)C)c(CC[C@H](O)CN)c1. The molecule has 0 aliphatic carbocycles. The number of benzene rings is 1. The number of aliphatic hydroxyl groups excluding tert-OH is 1. The molecule has 0 heterocycles. The zero-order valence-corrected chi connectivity index (χ0v) is 14.4. The number of amides is 1. The summed E-state index contributed by atoms with van der Waals surface area (Å²) in [6, 6.07) is 5.77. The molecule has 1 amide bonds. The number of nitrogens with zero attached hydrogens (tertiary/aromatic N) is 1. The number of carbonyl (C=O) groups excluding carboxylic acids is 1. The van der Waals surface area contributed by atoms with Crippen LogP contribution in [0.1, 0.15) is 43.9 Å². The van der Waals surface area contributed by atoms with E-state index in [1.165, 1.54) is 0 Å². The summed E-state index contributed by atoms with van der Waals surface area (Å²) in [6.07, 6.45) is -0.187. The van der Waals surface area contributed by atoms with Gasteiger partial charge < -0.3 is 15.6 Å². The molecule has 6 nitrogen and oxygen atoms in total. The van der Waals surface area contributed by atoms with Crippen molar-refractivity contribution in [3.05, 3.63) is 34.9 Å². The van der Waals surface area contributed by atoms with Crippen LogP contribution >= 0.6 is 0 Å². The third kappa shape index (κ3) is 6.99. The van der Waals surface area contributed by atoms with Crippen LogP contribution in [0.2, 0.25) is 0 Å². The molecule has 1 aromatic carbocycles. The summed E-state index contributed by atoms with van der Waals surface area (Å²) in [7, 11) is 0. The molecule has 1 atom stereocenters. The van der Waals surface area contributed by atoms with Crippen molar-refractivity contribution in [1.82, 2.24) is 5.06 Å². The van der Waals surface area contributed by atoms with E-state index in [1.54, 1.807) is 20.8 Å². The lowest BCUT2D eigenvalue weighted by atomic mass is 9.98. The van der Waals surface area contributed by atoms with E-state index in [9.17, 15) is 15.1 Å². The molecule has 1 aromatic rings. The van der Waals surface area contributed by atoms with Crippen LogP contribution < -0.4 is 5.73 Å². The molecular formula is C17H28N2O4. The number of aliphatic hydroxyl groups is 1. The summed E-state index contributed by atoms with van der Waals surface area (Å²) in [4.78, 5) is 11.9. The first-order chi connectivity index (χ1) is 10.6. The fourth-order valence-electron chi connectivity index (χ4n) is 2.12. The Hall–Kier alpha value is -1.63. The van der Waals surface area contributed by atoms with E-state index in [0.717, 1.165) is 16.7 Å². The first-order valence-electron chi connectivity index (χ1n) is 7.78. The van der Waals surface area contributed by atoms with Gasteiger partial charge >= 0.3 is 6.09 Å². The minimum Gasteiger partial charge on any atom is -0.442 e. The smallest absolute Gasteiger partial charge is 0.434 e. The molecule has 4 N–H and O–H groups in total. The molecule has 0 saturated heterocycles. The van der Waals surface area contributed by atoms with E-state index in [-0.39, 0.29) is 13.1 Å². The lowest BCUT2D eigenvalue weighted by molar-refractivity contribution is -0.0999. The predicted molar refractivity (Wildman–Crippen MR) is 88.1 cm³/mol. The molecule has 6 heteroatoms. The Balaban J connectivity index is 2.80. The number of aryl methyl sites for hydroxylation is 2. The quantitative estimate of drug-likeness (QED) is 0.551. The average Bonchev–Trinajstić information content (AvgIpc) is 2.45. The fourth-order valence-corrected chi connectivity index (χ4v) is 2.12. The van der Waals surface area contributed by atoms with Crippen LogP contribution in [0.15, 0.2) is 18.2 Å². The number of ether oxygens (including phenoxy) is 1. The predicted octanol–water partition coefficient (Wildman–Crippen LogP) is 2.37. The number of hydrogen-bond acceptors (Lipinski definition) is 5. The molecule has 0 unspecified atom stereocenters. The van der Waals surface area contributed by atoms with Gasteiger partial charge in [0, 0.05) is 6.54 Å². The summed E-state index contributed by atoms with van der Waals surface area (Å²) >= 11 is 0. The molecular weight excluding hydrogens is 296 g/mol. The van der Waals surface area contributed by atoms with Crippen molar-refractivity contribution >= 4 is 6.09 Å². The molecule has 0 spiro atoms. The van der Waals surface area contributed by atoms with Gasteiger partial charge in [0.1, 0.15) is 5.60 Å². The topological polar surface area (TPSA) is 96.0 Å². The second kappa shape index (κ2) is 8.29. The van der Waals surface area contributed by atoms with Crippen LogP contribution in [-0.4, -0.2) is 39.7 Å². The molecule has 0 bridgehead atoms. The number of hydrogen-bond donors (Lipinski definition) is 3. The standard InChI is InChI=1S/C17H28N2O4/c1-12-5-6-14(13(9-12)7-8-15(20)10-18)11-19(22)16(21)23-17(2,3)4/h5-6,9,15,20,22H,7-8,10-11,18H2,1-4H3/t15-/m0/s1. The highest BCUT2D eigenvalue weighted by molar-refractivity contribution is 5.66. The Bertz CT molecular complexity index is 526. The van der Waals surface area contributed by atoms with Crippen LogP contribution in [0, 0.1) is 6.92 Å². The van der Waals surface area contributed by atoms with Crippen LogP contribution in [0.5, 0.6) is 0 Å². The van der Waals surface area contributed by atoms with Crippen molar-refractivity contribution < 1.29 is 19.8 Å². The molecule has 1 rings (SSSR count). The summed E-state index contributed by atoms with van der Waals surface area (Å²) < 4.78 is 5.13. The maximum atomic E-state index is 11.9. The van der Waals surface area contributed by atoms with Crippen molar-refractivity contribution in [2.24, 2.45) is 5.73 Å². The number of hydroxylamine groups is 2. The second-order valence-electron chi connectivity index (χ2n) is 6.74. The van der Waals surface area contributed by atoms with E-state index < -0.39 is 17.8 Å². The maximum absolute atomic E-state index is 11.9. The van der Waals surface area contributed by atoms with Gasteiger partial charge in [-0.3, -0.25) is 5.21 Å². The van der Waals surface area contributed by atoms with Gasteiger partial charge in [0.05, 0.1) is 12.6 Å². The van der Waals surface area contributed by atoms with Crippen molar-refractivity contribution in [3.8, 4) is 0 Å². The fraction of sp³-hybridized carbons (Fsp3) is 0.588. The molecule has 0 aromatic heterocycles.